The highest BCUT2D eigenvalue weighted by molar-refractivity contribution is 5.86. The van der Waals surface area contributed by atoms with Gasteiger partial charge in [0.15, 0.2) is 6.10 Å². The lowest BCUT2D eigenvalue weighted by Crippen LogP contribution is -2.20. The normalized spacial score (nSPS) is 13.9. The summed E-state index contributed by atoms with van der Waals surface area (Å²) in [5, 5.41) is 9.33. The largest absolute Gasteiger partial charge is 0.418 e. The molecule has 1 N–H and O–H groups in total. The van der Waals surface area contributed by atoms with Crippen molar-refractivity contribution in [2.45, 2.75) is 12.3 Å². The molecule has 0 aliphatic heterocycles. The van der Waals surface area contributed by atoms with Crippen molar-refractivity contribution in [2.24, 2.45) is 0 Å². The Morgan fingerprint density at radius 2 is 1.53 bits per heavy atom. The zero-order valence-electron chi connectivity index (χ0n) is 8.50. The van der Waals surface area contributed by atoms with Gasteiger partial charge in [-0.1, -0.05) is 30.3 Å². The molecule has 0 spiro atoms. The van der Waals surface area contributed by atoms with E-state index in [2.05, 4.69) is 0 Å². The first-order valence-corrected chi connectivity index (χ1v) is 4.83. The zero-order valence-corrected chi connectivity index (χ0v) is 8.50. The van der Waals surface area contributed by atoms with Crippen LogP contribution in [-0.2, 0) is 0 Å². The summed E-state index contributed by atoms with van der Waals surface area (Å²) >= 11 is 0. The quantitative estimate of drug-likeness (QED) is 0.760. The first kappa shape index (κ1) is 11.9. The number of fused-ring (bicyclic) bond motifs is 1. The lowest BCUT2D eigenvalue weighted by atomic mass is 10.00. The molecule has 0 heterocycles. The molecule has 17 heavy (non-hydrogen) atoms. The van der Waals surface area contributed by atoms with Crippen molar-refractivity contribution in [2.75, 3.05) is 0 Å². The smallest absolute Gasteiger partial charge is 0.379 e. The highest BCUT2D eigenvalue weighted by Gasteiger charge is 2.40. The number of alkyl halides is 3. The maximum absolute atomic E-state index is 13.4. The van der Waals surface area contributed by atoms with E-state index < -0.39 is 18.1 Å². The van der Waals surface area contributed by atoms with Crippen LogP contribution in [0.4, 0.5) is 17.6 Å². The van der Waals surface area contributed by atoms with Crippen molar-refractivity contribution >= 4 is 10.8 Å². The summed E-state index contributed by atoms with van der Waals surface area (Å²) < 4.78 is 50.6. The van der Waals surface area contributed by atoms with Gasteiger partial charge in [0.1, 0.15) is 5.82 Å². The number of aliphatic hydroxyl groups is 1. The van der Waals surface area contributed by atoms with Gasteiger partial charge in [0.25, 0.3) is 0 Å². The molecule has 0 amide bonds. The van der Waals surface area contributed by atoms with Gasteiger partial charge in [-0.25, -0.2) is 4.39 Å². The Labute approximate surface area is 94.3 Å². The number of hydrogen-bond donors (Lipinski definition) is 1. The van der Waals surface area contributed by atoms with Gasteiger partial charge in [-0.05, 0) is 17.0 Å². The van der Waals surface area contributed by atoms with Gasteiger partial charge in [0.05, 0.1) is 0 Å². The molecule has 2 rings (SSSR count). The number of hydrogen-bond acceptors (Lipinski definition) is 1. The lowest BCUT2D eigenvalue weighted by Gasteiger charge is -2.17. The fourth-order valence-corrected chi connectivity index (χ4v) is 1.70. The van der Waals surface area contributed by atoms with Gasteiger partial charge in [0.2, 0.25) is 0 Å². The van der Waals surface area contributed by atoms with E-state index in [1.165, 1.54) is 24.3 Å². The SMILES string of the molecule is OC(c1ccc(F)c2ccccc12)C(F)(F)F. The summed E-state index contributed by atoms with van der Waals surface area (Å²) in [6, 6.07) is 7.62. The van der Waals surface area contributed by atoms with Crippen LogP contribution >= 0.6 is 0 Å². The Kier molecular flexibility index (Phi) is 2.79. The molecule has 0 fully saturated rings. The predicted molar refractivity (Wildman–Crippen MR) is 54.9 cm³/mol. The van der Waals surface area contributed by atoms with Gasteiger partial charge < -0.3 is 5.11 Å². The molecular formula is C12H8F4O. The third-order valence-corrected chi connectivity index (χ3v) is 2.51. The highest BCUT2D eigenvalue weighted by Crippen LogP contribution is 2.36. The molecule has 2 aromatic carbocycles. The first-order valence-electron chi connectivity index (χ1n) is 4.83. The van der Waals surface area contributed by atoms with Crippen molar-refractivity contribution in [1.82, 2.24) is 0 Å². The van der Waals surface area contributed by atoms with E-state index in [1.807, 2.05) is 0 Å². The molecule has 0 aromatic heterocycles. The molecule has 0 aliphatic carbocycles. The Morgan fingerprint density at radius 1 is 0.941 bits per heavy atom. The molecule has 90 valence electrons. The van der Waals surface area contributed by atoms with E-state index in [4.69, 9.17) is 0 Å². The maximum Gasteiger partial charge on any atom is 0.418 e. The van der Waals surface area contributed by atoms with Crippen LogP contribution < -0.4 is 0 Å². The van der Waals surface area contributed by atoms with Gasteiger partial charge in [0, 0.05) is 5.39 Å². The Morgan fingerprint density at radius 3 is 2.12 bits per heavy atom. The molecule has 1 atom stereocenters. The molecule has 0 radical (unpaired) electrons. The molecule has 0 saturated heterocycles. The summed E-state index contributed by atoms with van der Waals surface area (Å²) in [6.45, 7) is 0. The molecule has 0 saturated carbocycles. The summed E-state index contributed by atoms with van der Waals surface area (Å²) in [6.07, 6.45) is -7.37. The fourth-order valence-electron chi connectivity index (χ4n) is 1.70. The second-order valence-electron chi connectivity index (χ2n) is 3.63. The van der Waals surface area contributed by atoms with Gasteiger partial charge in [-0.3, -0.25) is 0 Å². The zero-order chi connectivity index (χ0) is 12.6. The number of rotatable bonds is 1. The Balaban J connectivity index is 2.67. The van der Waals surface area contributed by atoms with Crippen LogP contribution in [0.2, 0.25) is 0 Å². The van der Waals surface area contributed by atoms with Crippen molar-refractivity contribution in [1.29, 1.82) is 0 Å². The van der Waals surface area contributed by atoms with E-state index in [9.17, 15) is 22.7 Å². The monoisotopic (exact) mass is 244 g/mol. The van der Waals surface area contributed by atoms with Crippen molar-refractivity contribution < 1.29 is 22.7 Å². The van der Waals surface area contributed by atoms with Crippen LogP contribution in [0.15, 0.2) is 36.4 Å². The second-order valence-corrected chi connectivity index (χ2v) is 3.63. The van der Waals surface area contributed by atoms with Gasteiger partial charge >= 0.3 is 6.18 Å². The first-order chi connectivity index (χ1) is 7.91. The standard InChI is InChI=1S/C12H8F4O/c13-10-6-5-9(11(17)12(14,15)16)7-3-1-2-4-8(7)10/h1-6,11,17H. The average Bonchev–Trinajstić information content (AvgIpc) is 2.28. The van der Waals surface area contributed by atoms with Gasteiger partial charge in [-0.15, -0.1) is 0 Å². The minimum Gasteiger partial charge on any atom is -0.379 e. The molecular weight excluding hydrogens is 236 g/mol. The van der Waals surface area contributed by atoms with E-state index in [1.54, 1.807) is 0 Å². The summed E-state index contributed by atoms with van der Waals surface area (Å²) in [5.74, 6) is -0.612. The Hall–Kier alpha value is -1.62. The minimum absolute atomic E-state index is 0.0632. The lowest BCUT2D eigenvalue weighted by molar-refractivity contribution is -0.206. The van der Waals surface area contributed by atoms with Crippen molar-refractivity contribution in [3.05, 3.63) is 47.8 Å². The number of halogens is 4. The third-order valence-electron chi connectivity index (χ3n) is 2.51. The van der Waals surface area contributed by atoms with Crippen LogP contribution in [0.5, 0.6) is 0 Å². The molecule has 1 nitrogen and oxygen atoms in total. The van der Waals surface area contributed by atoms with E-state index in [0.29, 0.717) is 0 Å². The van der Waals surface area contributed by atoms with E-state index in [-0.39, 0.29) is 16.3 Å². The van der Waals surface area contributed by atoms with Crippen LogP contribution in [0.25, 0.3) is 10.8 Å². The topological polar surface area (TPSA) is 20.2 Å². The summed E-state index contributed by atoms with van der Waals surface area (Å²) in [4.78, 5) is 0. The van der Waals surface area contributed by atoms with E-state index in [0.717, 1.165) is 12.1 Å². The minimum atomic E-state index is -4.76. The maximum atomic E-state index is 13.4. The molecule has 5 heteroatoms. The molecule has 0 aliphatic rings. The van der Waals surface area contributed by atoms with Crippen LogP contribution in [-0.4, -0.2) is 11.3 Å². The third kappa shape index (κ3) is 2.10. The summed E-state index contributed by atoms with van der Waals surface area (Å²) in [5.41, 5.74) is -0.338. The summed E-state index contributed by atoms with van der Waals surface area (Å²) in [7, 11) is 0. The average molecular weight is 244 g/mol. The van der Waals surface area contributed by atoms with Crippen LogP contribution in [0.1, 0.15) is 11.7 Å². The van der Waals surface area contributed by atoms with Crippen molar-refractivity contribution in [3.8, 4) is 0 Å². The van der Waals surface area contributed by atoms with Crippen LogP contribution in [0, 0.1) is 5.82 Å². The molecule has 1 unspecified atom stereocenters. The number of aliphatic hydroxyl groups excluding tert-OH is 1. The highest BCUT2D eigenvalue weighted by atomic mass is 19.4. The second kappa shape index (κ2) is 4.00. The number of benzene rings is 2. The molecule has 0 bridgehead atoms. The predicted octanol–water partition coefficient (Wildman–Crippen LogP) is 3.57. The van der Waals surface area contributed by atoms with Gasteiger partial charge in [-0.2, -0.15) is 13.2 Å². The van der Waals surface area contributed by atoms with Crippen molar-refractivity contribution in [3.63, 3.8) is 0 Å². The molecule has 2 aromatic rings. The fraction of sp³-hybridized carbons (Fsp3) is 0.167. The Bertz CT molecular complexity index is 548. The van der Waals surface area contributed by atoms with E-state index >= 15 is 0 Å². The van der Waals surface area contributed by atoms with Crippen LogP contribution in [0.3, 0.4) is 0 Å².